The van der Waals surface area contributed by atoms with Gasteiger partial charge < -0.3 is 14.2 Å². The first-order valence-electron chi connectivity index (χ1n) is 8.87. The lowest BCUT2D eigenvalue weighted by Gasteiger charge is -2.32. The van der Waals surface area contributed by atoms with Gasteiger partial charge in [-0.3, -0.25) is 0 Å². The van der Waals surface area contributed by atoms with E-state index in [4.69, 9.17) is 14.3 Å². The fraction of sp³-hybridized carbons (Fsp3) is 0.526. The van der Waals surface area contributed by atoms with Crippen LogP contribution in [-0.4, -0.2) is 36.4 Å². The second-order valence-corrected chi connectivity index (χ2v) is 7.90. The first kappa shape index (κ1) is 15.9. The molecule has 4 rings (SSSR count). The average molecular weight is 324 g/mol. The molecule has 1 aromatic carbocycles. The van der Waals surface area contributed by atoms with Crippen molar-refractivity contribution >= 4 is 29.3 Å². The molecule has 0 bridgehead atoms. The lowest BCUT2D eigenvalue weighted by Crippen LogP contribution is -2.41. The smallest absolute Gasteiger partial charge is 0.399 e. The Morgan fingerprint density at radius 2 is 1.62 bits per heavy atom. The van der Waals surface area contributed by atoms with Crippen molar-refractivity contribution in [2.75, 3.05) is 18.0 Å². The molecule has 5 heteroatoms. The summed E-state index contributed by atoms with van der Waals surface area (Å²) in [5.74, 6) is 1.09. The van der Waals surface area contributed by atoms with Gasteiger partial charge in [-0.25, -0.2) is 4.98 Å². The molecule has 0 aliphatic carbocycles. The maximum absolute atomic E-state index is 6.15. The van der Waals surface area contributed by atoms with Crippen molar-refractivity contribution in [1.82, 2.24) is 4.98 Å². The predicted octanol–water partition coefficient (Wildman–Crippen LogP) is 3.13. The van der Waals surface area contributed by atoms with Gasteiger partial charge in [0, 0.05) is 13.1 Å². The topological polar surface area (TPSA) is 34.6 Å². The number of hydrogen-bond donors (Lipinski definition) is 0. The van der Waals surface area contributed by atoms with Crippen molar-refractivity contribution in [2.24, 2.45) is 0 Å². The zero-order chi connectivity index (χ0) is 16.9. The van der Waals surface area contributed by atoms with Gasteiger partial charge >= 0.3 is 7.12 Å². The van der Waals surface area contributed by atoms with Gasteiger partial charge in [0.2, 0.25) is 0 Å². The third kappa shape index (κ3) is 2.60. The van der Waals surface area contributed by atoms with Crippen LogP contribution < -0.4 is 10.4 Å². The molecule has 2 aromatic rings. The molecule has 0 atom stereocenters. The summed E-state index contributed by atoms with van der Waals surface area (Å²) in [5, 5.41) is 1.13. The van der Waals surface area contributed by atoms with E-state index >= 15 is 0 Å². The summed E-state index contributed by atoms with van der Waals surface area (Å²) in [6, 6.07) is 10.6. The van der Waals surface area contributed by atoms with Crippen molar-refractivity contribution in [3.8, 4) is 0 Å². The normalized spacial score (nSPS) is 22.5. The molecule has 4 nitrogen and oxygen atoms in total. The van der Waals surface area contributed by atoms with E-state index in [1.807, 2.05) is 0 Å². The Morgan fingerprint density at radius 1 is 0.958 bits per heavy atom. The highest BCUT2D eigenvalue weighted by Gasteiger charge is 2.51. The summed E-state index contributed by atoms with van der Waals surface area (Å²) >= 11 is 0. The number of anilines is 1. The van der Waals surface area contributed by atoms with E-state index < -0.39 is 0 Å². The van der Waals surface area contributed by atoms with Gasteiger partial charge in [-0.05, 0) is 69.6 Å². The minimum Gasteiger partial charge on any atom is -0.399 e. The number of nitrogens with zero attached hydrogens (tertiary/aromatic N) is 2. The molecule has 0 spiro atoms. The van der Waals surface area contributed by atoms with Gasteiger partial charge in [-0.2, -0.15) is 0 Å². The van der Waals surface area contributed by atoms with Crippen LogP contribution in [0.25, 0.3) is 10.9 Å². The Balaban J connectivity index is 1.63. The summed E-state index contributed by atoms with van der Waals surface area (Å²) in [7, 11) is -0.322. The van der Waals surface area contributed by atoms with Gasteiger partial charge in [-0.1, -0.05) is 12.1 Å². The molecule has 2 fully saturated rings. The van der Waals surface area contributed by atoms with Crippen LogP contribution in [0.3, 0.4) is 0 Å². The third-order valence-electron chi connectivity index (χ3n) is 5.65. The molecule has 126 valence electrons. The second-order valence-electron chi connectivity index (χ2n) is 7.90. The van der Waals surface area contributed by atoms with Crippen molar-refractivity contribution in [3.05, 3.63) is 30.3 Å². The molecule has 3 heterocycles. The summed E-state index contributed by atoms with van der Waals surface area (Å²) in [6.07, 6.45) is 2.53. The van der Waals surface area contributed by atoms with Gasteiger partial charge in [0.15, 0.2) is 0 Å². The molecule has 1 aromatic heterocycles. The largest absolute Gasteiger partial charge is 0.494 e. The highest BCUT2D eigenvalue weighted by molar-refractivity contribution is 6.62. The van der Waals surface area contributed by atoms with E-state index in [-0.39, 0.29) is 18.3 Å². The van der Waals surface area contributed by atoms with Crippen LogP contribution >= 0.6 is 0 Å². The van der Waals surface area contributed by atoms with E-state index in [0.717, 1.165) is 35.3 Å². The van der Waals surface area contributed by atoms with E-state index in [1.54, 1.807) is 0 Å². The fourth-order valence-electron chi connectivity index (χ4n) is 3.38. The Kier molecular flexibility index (Phi) is 3.62. The van der Waals surface area contributed by atoms with Crippen LogP contribution in [0.5, 0.6) is 0 Å². The van der Waals surface area contributed by atoms with Crippen molar-refractivity contribution in [1.29, 1.82) is 0 Å². The number of fused-ring (bicyclic) bond motifs is 1. The quantitative estimate of drug-likeness (QED) is 0.795. The van der Waals surface area contributed by atoms with Crippen LogP contribution in [0.2, 0.25) is 0 Å². The summed E-state index contributed by atoms with van der Waals surface area (Å²) in [5.41, 5.74) is 1.45. The van der Waals surface area contributed by atoms with E-state index in [0.29, 0.717) is 0 Å². The van der Waals surface area contributed by atoms with Gasteiger partial charge in [-0.15, -0.1) is 0 Å². The monoisotopic (exact) mass is 324 g/mol. The first-order valence-corrected chi connectivity index (χ1v) is 8.87. The SMILES string of the molecule is CC1(C)OB(c2ccc3nc(N4CCCC4)ccc3c2)OC1(C)C. The first-order chi connectivity index (χ1) is 11.4. The molecule has 0 unspecified atom stereocenters. The van der Waals surface area contributed by atoms with E-state index in [2.05, 4.69) is 62.9 Å². The number of rotatable bonds is 2. The van der Waals surface area contributed by atoms with Gasteiger partial charge in [0.05, 0.1) is 16.7 Å². The second kappa shape index (κ2) is 5.46. The van der Waals surface area contributed by atoms with Crippen LogP contribution in [0.15, 0.2) is 30.3 Å². The molecule has 0 amide bonds. The number of aromatic nitrogens is 1. The zero-order valence-electron chi connectivity index (χ0n) is 15.0. The maximum atomic E-state index is 6.15. The lowest BCUT2D eigenvalue weighted by atomic mass is 9.78. The Morgan fingerprint density at radius 3 is 2.29 bits per heavy atom. The fourth-order valence-corrected chi connectivity index (χ4v) is 3.38. The molecule has 0 N–H and O–H groups in total. The number of benzene rings is 1. The van der Waals surface area contributed by atoms with Crippen LogP contribution in [0, 0.1) is 0 Å². The highest BCUT2D eigenvalue weighted by atomic mass is 16.7. The Bertz CT molecular complexity index is 753. The average Bonchev–Trinajstić information content (AvgIpc) is 3.13. The minimum absolute atomic E-state index is 0.315. The standard InChI is InChI=1S/C19H25BN2O2/c1-18(2)19(3,4)24-20(23-18)15-8-9-16-14(13-15)7-10-17(21-16)22-11-5-6-12-22/h7-10,13H,5-6,11-12H2,1-4H3. The summed E-state index contributed by atoms with van der Waals surface area (Å²) < 4.78 is 12.3. The van der Waals surface area contributed by atoms with Crippen LogP contribution in [0.4, 0.5) is 5.82 Å². The minimum atomic E-state index is -0.322. The van der Waals surface area contributed by atoms with Crippen molar-refractivity contribution < 1.29 is 9.31 Å². The maximum Gasteiger partial charge on any atom is 0.494 e. The van der Waals surface area contributed by atoms with E-state index in [9.17, 15) is 0 Å². The summed E-state index contributed by atoms with van der Waals surface area (Å²) in [6.45, 7) is 10.6. The molecule has 24 heavy (non-hydrogen) atoms. The van der Waals surface area contributed by atoms with Gasteiger partial charge in [0.25, 0.3) is 0 Å². The third-order valence-corrected chi connectivity index (χ3v) is 5.65. The van der Waals surface area contributed by atoms with Crippen molar-refractivity contribution in [3.63, 3.8) is 0 Å². The highest BCUT2D eigenvalue weighted by Crippen LogP contribution is 2.36. The molecular weight excluding hydrogens is 299 g/mol. The van der Waals surface area contributed by atoms with Crippen LogP contribution in [-0.2, 0) is 9.31 Å². The number of hydrogen-bond acceptors (Lipinski definition) is 4. The van der Waals surface area contributed by atoms with Crippen LogP contribution in [0.1, 0.15) is 40.5 Å². The Labute approximate surface area is 144 Å². The molecule has 0 saturated carbocycles. The molecular formula is C19H25BN2O2. The number of pyridine rings is 1. The Hall–Kier alpha value is -1.59. The summed E-state index contributed by atoms with van der Waals surface area (Å²) in [4.78, 5) is 7.19. The molecule has 2 aliphatic heterocycles. The van der Waals surface area contributed by atoms with Crippen molar-refractivity contribution in [2.45, 2.75) is 51.7 Å². The lowest BCUT2D eigenvalue weighted by molar-refractivity contribution is 0.00578. The zero-order valence-corrected chi connectivity index (χ0v) is 15.0. The molecule has 0 radical (unpaired) electrons. The van der Waals surface area contributed by atoms with E-state index in [1.165, 1.54) is 12.8 Å². The molecule has 2 saturated heterocycles. The van der Waals surface area contributed by atoms with Gasteiger partial charge in [0.1, 0.15) is 5.82 Å². The predicted molar refractivity (Wildman–Crippen MR) is 98.9 cm³/mol. The molecule has 2 aliphatic rings.